The maximum atomic E-state index is 12.4. The minimum Gasteiger partial charge on any atom is -0.366 e. The zero-order valence-electron chi connectivity index (χ0n) is 12.0. The molecule has 2 amide bonds. The minimum absolute atomic E-state index is 0.0677. The third kappa shape index (κ3) is 2.99. The average molecular weight is 275 g/mol. The van der Waals surface area contributed by atoms with E-state index in [9.17, 15) is 9.59 Å². The van der Waals surface area contributed by atoms with Crippen molar-refractivity contribution in [3.05, 3.63) is 29.3 Å². The summed E-state index contributed by atoms with van der Waals surface area (Å²) in [6.45, 7) is 4.65. The number of piperidine rings is 1. The molecule has 1 aromatic carbocycles. The lowest BCUT2D eigenvalue weighted by Gasteiger charge is -2.33. The highest BCUT2D eigenvalue weighted by Gasteiger charge is 2.34. The standard InChI is InChI=1S/C15H21N3O2/c1-10-5-6-11(13(16)19)9-12(10)18-14(20)15(2)7-3-4-8-17-15/h5-6,9,17H,3-4,7-8H2,1-2H3,(H2,16,19)(H,18,20). The van der Waals surface area contributed by atoms with Crippen LogP contribution in [0.3, 0.4) is 0 Å². The third-order valence-corrected chi connectivity index (χ3v) is 3.89. The molecule has 1 aromatic rings. The van der Waals surface area contributed by atoms with Crippen molar-refractivity contribution in [3.63, 3.8) is 0 Å². The second kappa shape index (κ2) is 5.63. The second-order valence-corrected chi connectivity index (χ2v) is 5.56. The average Bonchev–Trinajstić information content (AvgIpc) is 2.41. The van der Waals surface area contributed by atoms with Crippen molar-refractivity contribution < 1.29 is 9.59 Å². The van der Waals surface area contributed by atoms with Gasteiger partial charge in [-0.2, -0.15) is 0 Å². The summed E-state index contributed by atoms with van der Waals surface area (Å²) in [4.78, 5) is 23.6. The molecule has 5 heteroatoms. The fourth-order valence-electron chi connectivity index (χ4n) is 2.42. The maximum Gasteiger partial charge on any atom is 0.248 e. The first-order valence-electron chi connectivity index (χ1n) is 6.89. The summed E-state index contributed by atoms with van der Waals surface area (Å²) < 4.78 is 0. The van der Waals surface area contributed by atoms with E-state index in [2.05, 4.69) is 10.6 Å². The minimum atomic E-state index is -0.548. The van der Waals surface area contributed by atoms with E-state index >= 15 is 0 Å². The molecule has 0 saturated carbocycles. The van der Waals surface area contributed by atoms with Crippen LogP contribution in [0.15, 0.2) is 18.2 Å². The van der Waals surface area contributed by atoms with Crippen LogP contribution >= 0.6 is 0 Å². The summed E-state index contributed by atoms with van der Waals surface area (Å²) in [5.74, 6) is -0.565. The Morgan fingerprint density at radius 2 is 2.10 bits per heavy atom. The van der Waals surface area contributed by atoms with Gasteiger partial charge in [0.2, 0.25) is 11.8 Å². The number of nitrogens with two attached hydrogens (primary N) is 1. The Labute approximate surface area is 118 Å². The Bertz CT molecular complexity index is 534. The molecule has 4 N–H and O–H groups in total. The molecule has 1 atom stereocenters. The van der Waals surface area contributed by atoms with E-state index in [0.29, 0.717) is 11.3 Å². The fraction of sp³-hybridized carbons (Fsp3) is 0.467. The van der Waals surface area contributed by atoms with Gasteiger partial charge in [0.25, 0.3) is 0 Å². The second-order valence-electron chi connectivity index (χ2n) is 5.56. The zero-order valence-corrected chi connectivity index (χ0v) is 12.0. The number of amides is 2. The molecule has 2 rings (SSSR count). The fourth-order valence-corrected chi connectivity index (χ4v) is 2.42. The number of anilines is 1. The van der Waals surface area contributed by atoms with E-state index in [0.717, 1.165) is 31.4 Å². The molecule has 1 saturated heterocycles. The molecule has 0 radical (unpaired) electrons. The van der Waals surface area contributed by atoms with Gasteiger partial charge in [0.1, 0.15) is 0 Å². The van der Waals surface area contributed by atoms with Gasteiger partial charge in [-0.3, -0.25) is 9.59 Å². The number of hydrogen-bond acceptors (Lipinski definition) is 3. The number of carbonyl (C=O) groups is 2. The van der Waals surface area contributed by atoms with Crippen LogP contribution in [0.2, 0.25) is 0 Å². The molecule has 0 aromatic heterocycles. The van der Waals surface area contributed by atoms with E-state index in [-0.39, 0.29) is 5.91 Å². The number of nitrogens with one attached hydrogen (secondary N) is 2. The quantitative estimate of drug-likeness (QED) is 0.782. The zero-order chi connectivity index (χ0) is 14.8. The highest BCUT2D eigenvalue weighted by molar-refractivity contribution is 6.00. The molecule has 0 aliphatic carbocycles. The van der Waals surface area contributed by atoms with Crippen LogP contribution < -0.4 is 16.4 Å². The first-order chi connectivity index (χ1) is 9.42. The summed E-state index contributed by atoms with van der Waals surface area (Å²) in [6.07, 6.45) is 2.95. The lowest BCUT2D eigenvalue weighted by molar-refractivity contribution is -0.122. The van der Waals surface area contributed by atoms with E-state index in [4.69, 9.17) is 5.73 Å². The Morgan fingerprint density at radius 3 is 2.70 bits per heavy atom. The highest BCUT2D eigenvalue weighted by Crippen LogP contribution is 2.23. The van der Waals surface area contributed by atoms with Gasteiger partial charge in [-0.15, -0.1) is 0 Å². The van der Waals surface area contributed by atoms with Crippen molar-refractivity contribution in [3.8, 4) is 0 Å². The summed E-state index contributed by atoms with van der Waals surface area (Å²) in [5, 5.41) is 6.18. The van der Waals surface area contributed by atoms with Crippen molar-refractivity contribution in [2.45, 2.75) is 38.6 Å². The van der Waals surface area contributed by atoms with Crippen molar-refractivity contribution in [2.75, 3.05) is 11.9 Å². The molecule has 0 bridgehead atoms. The van der Waals surface area contributed by atoms with Crippen LogP contribution in [0.25, 0.3) is 0 Å². The molecule has 0 spiro atoms. The van der Waals surface area contributed by atoms with Crippen molar-refractivity contribution in [1.29, 1.82) is 0 Å². The van der Waals surface area contributed by atoms with Gasteiger partial charge in [0, 0.05) is 11.3 Å². The van der Waals surface area contributed by atoms with Crippen molar-refractivity contribution in [2.24, 2.45) is 5.73 Å². The van der Waals surface area contributed by atoms with E-state index in [1.807, 2.05) is 13.8 Å². The largest absolute Gasteiger partial charge is 0.366 e. The normalized spacial score (nSPS) is 22.3. The number of hydrogen-bond donors (Lipinski definition) is 3. The molecule has 1 unspecified atom stereocenters. The molecule has 5 nitrogen and oxygen atoms in total. The van der Waals surface area contributed by atoms with Crippen LogP contribution in [0, 0.1) is 6.92 Å². The molecule has 20 heavy (non-hydrogen) atoms. The smallest absolute Gasteiger partial charge is 0.248 e. The van der Waals surface area contributed by atoms with Gasteiger partial charge >= 0.3 is 0 Å². The third-order valence-electron chi connectivity index (χ3n) is 3.89. The van der Waals surface area contributed by atoms with Gasteiger partial charge in [-0.05, 0) is 57.4 Å². The Balaban J connectivity index is 2.18. The van der Waals surface area contributed by atoms with E-state index in [1.54, 1.807) is 18.2 Å². The molecule has 108 valence electrons. The Kier molecular flexibility index (Phi) is 4.09. The number of carbonyl (C=O) groups excluding carboxylic acids is 2. The maximum absolute atomic E-state index is 12.4. The van der Waals surface area contributed by atoms with Gasteiger partial charge in [0.15, 0.2) is 0 Å². The lowest BCUT2D eigenvalue weighted by atomic mass is 9.90. The van der Waals surface area contributed by atoms with Crippen LogP contribution in [-0.2, 0) is 4.79 Å². The van der Waals surface area contributed by atoms with Crippen LogP contribution in [0.1, 0.15) is 42.1 Å². The van der Waals surface area contributed by atoms with Crippen molar-refractivity contribution in [1.82, 2.24) is 5.32 Å². The SMILES string of the molecule is Cc1ccc(C(N)=O)cc1NC(=O)C1(C)CCCCN1. The first kappa shape index (κ1) is 14.5. The molecule has 1 aliphatic heterocycles. The molecule has 1 heterocycles. The summed E-state index contributed by atoms with van der Waals surface area (Å²) in [6, 6.07) is 5.07. The monoisotopic (exact) mass is 275 g/mol. The molecule has 1 fully saturated rings. The van der Waals surface area contributed by atoms with Crippen molar-refractivity contribution >= 4 is 17.5 Å². The highest BCUT2D eigenvalue weighted by atomic mass is 16.2. The topological polar surface area (TPSA) is 84.2 Å². The summed E-state index contributed by atoms with van der Waals surface area (Å²) >= 11 is 0. The van der Waals surface area contributed by atoms with E-state index < -0.39 is 11.4 Å². The summed E-state index contributed by atoms with van der Waals surface area (Å²) in [5.41, 5.74) is 6.66. The number of aryl methyl sites for hydroxylation is 1. The predicted molar refractivity (Wildman–Crippen MR) is 78.6 cm³/mol. The van der Waals surface area contributed by atoms with Gasteiger partial charge < -0.3 is 16.4 Å². The van der Waals surface area contributed by atoms with Gasteiger partial charge in [-0.1, -0.05) is 6.07 Å². The Morgan fingerprint density at radius 1 is 1.35 bits per heavy atom. The van der Waals surface area contributed by atoms with Gasteiger partial charge in [-0.25, -0.2) is 0 Å². The van der Waals surface area contributed by atoms with E-state index in [1.165, 1.54) is 0 Å². The first-order valence-corrected chi connectivity index (χ1v) is 6.89. The van der Waals surface area contributed by atoms with Crippen LogP contribution in [-0.4, -0.2) is 23.9 Å². The number of rotatable bonds is 3. The van der Waals surface area contributed by atoms with Gasteiger partial charge in [0.05, 0.1) is 5.54 Å². The summed E-state index contributed by atoms with van der Waals surface area (Å²) in [7, 11) is 0. The molecular formula is C15H21N3O2. The molecular weight excluding hydrogens is 254 g/mol. The van der Waals surface area contributed by atoms with Crippen LogP contribution in [0.5, 0.6) is 0 Å². The predicted octanol–water partition coefficient (Wildman–Crippen LogP) is 1.56. The lowest BCUT2D eigenvalue weighted by Crippen LogP contribution is -2.54. The van der Waals surface area contributed by atoms with Crippen LogP contribution in [0.4, 0.5) is 5.69 Å². The molecule has 1 aliphatic rings. The Hall–Kier alpha value is -1.88. The number of primary amides is 1. The number of benzene rings is 1.